The number of nitrogens with zero attached hydrogens (tertiary/aromatic N) is 3. The van der Waals surface area contributed by atoms with Crippen molar-refractivity contribution in [3.05, 3.63) is 71.1 Å². The van der Waals surface area contributed by atoms with Crippen molar-refractivity contribution in [3.63, 3.8) is 0 Å². The summed E-state index contributed by atoms with van der Waals surface area (Å²) in [7, 11) is 0. The Labute approximate surface area is 157 Å². The van der Waals surface area contributed by atoms with E-state index in [9.17, 15) is 4.79 Å². The van der Waals surface area contributed by atoms with E-state index in [1.165, 1.54) is 11.1 Å². The summed E-state index contributed by atoms with van der Waals surface area (Å²) in [5.41, 5.74) is 10.00. The highest BCUT2D eigenvalue weighted by molar-refractivity contribution is 5.74. The Morgan fingerprint density at radius 2 is 1.93 bits per heavy atom. The molecule has 138 valence electrons. The molecule has 4 rings (SSSR count). The third-order valence-corrected chi connectivity index (χ3v) is 4.72. The topological polar surface area (TPSA) is 97.3 Å². The molecular weight excluding hydrogens is 342 g/mol. The van der Waals surface area contributed by atoms with Crippen LogP contribution in [-0.2, 0) is 26.1 Å². The average Bonchev–Trinajstić information content (AvgIpc) is 3.21. The highest BCUT2D eigenvalue weighted by Gasteiger charge is 2.20. The van der Waals surface area contributed by atoms with Crippen molar-refractivity contribution in [2.24, 2.45) is 5.73 Å². The molecule has 2 heterocycles. The standard InChI is InChI=1S/C20H21N5O2/c21-11-14-5-7-16(8-6-14)19-23-18(27-24-19)12-22-20(26)25-10-9-15-3-1-2-4-17(15)13-25/h1-8H,9-13,21H2,(H,22,26). The van der Waals surface area contributed by atoms with Gasteiger partial charge in [0, 0.05) is 25.2 Å². The Hall–Kier alpha value is -3.19. The van der Waals surface area contributed by atoms with Crippen molar-refractivity contribution in [2.45, 2.75) is 26.1 Å². The summed E-state index contributed by atoms with van der Waals surface area (Å²) in [4.78, 5) is 18.6. The molecule has 3 aromatic rings. The summed E-state index contributed by atoms with van der Waals surface area (Å²) in [6.07, 6.45) is 0.868. The molecule has 7 heteroatoms. The number of amides is 2. The lowest BCUT2D eigenvalue weighted by atomic mass is 10.0. The zero-order chi connectivity index (χ0) is 18.6. The molecular formula is C20H21N5O2. The maximum Gasteiger partial charge on any atom is 0.318 e. The van der Waals surface area contributed by atoms with Crippen molar-refractivity contribution < 1.29 is 9.32 Å². The number of benzene rings is 2. The van der Waals surface area contributed by atoms with E-state index in [1.54, 1.807) is 4.90 Å². The first-order chi connectivity index (χ1) is 13.2. The maximum absolute atomic E-state index is 12.4. The van der Waals surface area contributed by atoms with Crippen LogP contribution < -0.4 is 11.1 Å². The lowest BCUT2D eigenvalue weighted by molar-refractivity contribution is 0.190. The monoisotopic (exact) mass is 363 g/mol. The largest absolute Gasteiger partial charge is 0.337 e. The van der Waals surface area contributed by atoms with Crippen LogP contribution in [0.4, 0.5) is 4.79 Å². The number of aromatic nitrogens is 2. The van der Waals surface area contributed by atoms with Gasteiger partial charge in [0.05, 0.1) is 6.54 Å². The summed E-state index contributed by atoms with van der Waals surface area (Å²) < 4.78 is 5.25. The van der Waals surface area contributed by atoms with Crippen LogP contribution >= 0.6 is 0 Å². The van der Waals surface area contributed by atoms with E-state index >= 15 is 0 Å². The lowest BCUT2D eigenvalue weighted by Gasteiger charge is -2.28. The first-order valence-corrected chi connectivity index (χ1v) is 8.94. The second kappa shape index (κ2) is 7.59. The fraction of sp³-hybridized carbons (Fsp3) is 0.250. The minimum absolute atomic E-state index is 0.128. The number of carbonyl (C=O) groups is 1. The SMILES string of the molecule is NCc1ccc(-c2noc(CNC(=O)N3CCc4ccccc4C3)n2)cc1. The molecule has 0 fully saturated rings. The number of carbonyl (C=O) groups excluding carboxylic acids is 1. The van der Waals surface area contributed by atoms with Crippen LogP contribution in [0.1, 0.15) is 22.6 Å². The molecule has 0 bridgehead atoms. The minimum Gasteiger partial charge on any atom is -0.337 e. The third-order valence-electron chi connectivity index (χ3n) is 4.72. The fourth-order valence-corrected chi connectivity index (χ4v) is 3.17. The summed E-state index contributed by atoms with van der Waals surface area (Å²) in [6.45, 7) is 2.01. The van der Waals surface area contributed by atoms with E-state index in [1.807, 2.05) is 36.4 Å². The molecule has 0 aliphatic carbocycles. The highest BCUT2D eigenvalue weighted by atomic mass is 16.5. The molecule has 2 amide bonds. The summed E-state index contributed by atoms with van der Waals surface area (Å²) >= 11 is 0. The van der Waals surface area contributed by atoms with Crippen LogP contribution in [0, 0.1) is 0 Å². The average molecular weight is 363 g/mol. The number of hydrogen-bond donors (Lipinski definition) is 2. The van der Waals surface area contributed by atoms with Gasteiger partial charge < -0.3 is 20.5 Å². The van der Waals surface area contributed by atoms with Gasteiger partial charge in [0.25, 0.3) is 0 Å². The van der Waals surface area contributed by atoms with Gasteiger partial charge in [-0.15, -0.1) is 0 Å². The second-order valence-corrected chi connectivity index (χ2v) is 6.51. The van der Waals surface area contributed by atoms with E-state index in [0.717, 1.165) is 17.5 Å². The minimum atomic E-state index is -0.128. The number of nitrogens with two attached hydrogens (primary N) is 1. The van der Waals surface area contributed by atoms with Gasteiger partial charge in [-0.25, -0.2) is 4.79 Å². The molecule has 2 aromatic carbocycles. The van der Waals surface area contributed by atoms with Gasteiger partial charge in [-0.2, -0.15) is 4.98 Å². The van der Waals surface area contributed by atoms with Crippen LogP contribution in [0.25, 0.3) is 11.4 Å². The van der Waals surface area contributed by atoms with Gasteiger partial charge in [0.2, 0.25) is 11.7 Å². The fourth-order valence-electron chi connectivity index (χ4n) is 3.17. The number of fused-ring (bicyclic) bond motifs is 1. The van der Waals surface area contributed by atoms with E-state index < -0.39 is 0 Å². The molecule has 27 heavy (non-hydrogen) atoms. The Balaban J connectivity index is 1.35. The zero-order valence-electron chi connectivity index (χ0n) is 14.9. The Bertz CT molecular complexity index is 936. The van der Waals surface area contributed by atoms with Crippen LogP contribution in [0.15, 0.2) is 53.1 Å². The molecule has 0 atom stereocenters. The zero-order valence-corrected chi connectivity index (χ0v) is 14.9. The Kier molecular flexibility index (Phi) is 4.84. The van der Waals surface area contributed by atoms with E-state index in [2.05, 4.69) is 27.6 Å². The van der Waals surface area contributed by atoms with E-state index in [4.69, 9.17) is 10.3 Å². The Morgan fingerprint density at radius 1 is 1.15 bits per heavy atom. The lowest BCUT2D eigenvalue weighted by Crippen LogP contribution is -2.42. The third kappa shape index (κ3) is 3.83. The number of nitrogens with one attached hydrogen (secondary N) is 1. The summed E-state index contributed by atoms with van der Waals surface area (Å²) in [5, 5.41) is 6.84. The van der Waals surface area contributed by atoms with Crippen molar-refractivity contribution in [2.75, 3.05) is 6.54 Å². The molecule has 0 saturated heterocycles. The van der Waals surface area contributed by atoms with Crippen LogP contribution in [0.2, 0.25) is 0 Å². The normalized spacial score (nSPS) is 13.3. The number of rotatable bonds is 4. The van der Waals surface area contributed by atoms with Crippen LogP contribution in [-0.4, -0.2) is 27.6 Å². The van der Waals surface area contributed by atoms with Crippen molar-refractivity contribution >= 4 is 6.03 Å². The van der Waals surface area contributed by atoms with Crippen molar-refractivity contribution in [3.8, 4) is 11.4 Å². The summed E-state index contributed by atoms with van der Waals surface area (Å²) in [6, 6.07) is 15.8. The number of urea groups is 1. The van der Waals surface area contributed by atoms with Gasteiger partial charge >= 0.3 is 6.03 Å². The van der Waals surface area contributed by atoms with Crippen LogP contribution in [0.3, 0.4) is 0 Å². The smallest absolute Gasteiger partial charge is 0.318 e. The molecule has 0 radical (unpaired) electrons. The number of hydrogen-bond acceptors (Lipinski definition) is 5. The van der Waals surface area contributed by atoms with Gasteiger partial charge in [0.15, 0.2) is 0 Å². The first kappa shape index (κ1) is 17.2. The quantitative estimate of drug-likeness (QED) is 0.742. The first-order valence-electron chi connectivity index (χ1n) is 8.94. The summed E-state index contributed by atoms with van der Waals surface area (Å²) in [5.74, 6) is 0.869. The predicted octanol–water partition coefficient (Wildman–Crippen LogP) is 2.46. The molecule has 7 nitrogen and oxygen atoms in total. The van der Waals surface area contributed by atoms with Gasteiger partial charge in [-0.1, -0.05) is 53.7 Å². The van der Waals surface area contributed by atoms with Gasteiger partial charge in [-0.3, -0.25) is 0 Å². The molecule has 0 spiro atoms. The van der Waals surface area contributed by atoms with Gasteiger partial charge in [0.1, 0.15) is 0 Å². The molecule has 1 aromatic heterocycles. The van der Waals surface area contributed by atoms with Crippen LogP contribution in [0.5, 0.6) is 0 Å². The maximum atomic E-state index is 12.4. The second-order valence-electron chi connectivity index (χ2n) is 6.51. The van der Waals surface area contributed by atoms with Crippen molar-refractivity contribution in [1.29, 1.82) is 0 Å². The van der Waals surface area contributed by atoms with Crippen molar-refractivity contribution in [1.82, 2.24) is 20.4 Å². The highest BCUT2D eigenvalue weighted by Crippen LogP contribution is 2.19. The molecule has 0 saturated carbocycles. The molecule has 1 aliphatic heterocycles. The predicted molar refractivity (Wildman–Crippen MR) is 100 cm³/mol. The molecule has 1 aliphatic rings. The molecule has 3 N–H and O–H groups in total. The molecule has 0 unspecified atom stereocenters. The van der Waals surface area contributed by atoms with Gasteiger partial charge in [-0.05, 0) is 23.1 Å². The van der Waals surface area contributed by atoms with E-state index in [-0.39, 0.29) is 12.6 Å². The van der Waals surface area contributed by atoms with E-state index in [0.29, 0.717) is 31.3 Å². The Morgan fingerprint density at radius 3 is 2.70 bits per heavy atom.